The van der Waals surface area contributed by atoms with Crippen molar-refractivity contribution in [1.82, 2.24) is 15.5 Å². The Labute approximate surface area is 226 Å². The van der Waals surface area contributed by atoms with E-state index in [1.165, 1.54) is 12.1 Å². The molecule has 0 spiro atoms. The maximum Gasteiger partial charge on any atom is 0.317 e. The summed E-state index contributed by atoms with van der Waals surface area (Å²) in [6, 6.07) is 3.68. The van der Waals surface area contributed by atoms with Crippen molar-refractivity contribution in [3.05, 3.63) is 35.4 Å². The minimum absolute atomic E-state index is 0.0385. The first-order valence-corrected chi connectivity index (χ1v) is 14.2. The Morgan fingerprint density at radius 2 is 2.00 bits per heavy atom. The van der Waals surface area contributed by atoms with Crippen LogP contribution >= 0.6 is 0 Å². The van der Waals surface area contributed by atoms with Crippen molar-refractivity contribution in [1.29, 1.82) is 0 Å². The van der Waals surface area contributed by atoms with Gasteiger partial charge in [0, 0.05) is 50.9 Å². The van der Waals surface area contributed by atoms with Crippen LogP contribution in [-0.4, -0.2) is 73.2 Å². The highest BCUT2D eigenvalue weighted by molar-refractivity contribution is 5.74. The molecule has 1 heterocycles. The smallest absolute Gasteiger partial charge is 0.317 e. The second kappa shape index (κ2) is 14.0. The number of piperidine rings is 1. The Bertz CT molecular complexity index is 893. The predicted molar refractivity (Wildman–Crippen MR) is 144 cm³/mol. The SMILES string of the molecule is CNC[C@H](C[C@H]1CC[C@@](C)(O)CC1)NC(=O)N1CCC[C@@H]([C@@](O)(CCCCOC)c2cccc(F)c2F)C1. The number of nitrogens with zero attached hydrogens (tertiary/aromatic N) is 1. The number of nitrogens with one attached hydrogen (secondary N) is 2. The Hall–Kier alpha value is -1.81. The molecule has 1 saturated carbocycles. The molecule has 38 heavy (non-hydrogen) atoms. The fourth-order valence-electron chi connectivity index (χ4n) is 6.23. The van der Waals surface area contributed by atoms with Crippen molar-refractivity contribution in [2.75, 3.05) is 40.4 Å². The lowest BCUT2D eigenvalue weighted by molar-refractivity contribution is -0.0592. The Kier molecular flexibility index (Phi) is 11.3. The molecule has 9 heteroatoms. The minimum atomic E-state index is -1.59. The average molecular weight is 540 g/mol. The second-order valence-corrected chi connectivity index (χ2v) is 11.6. The van der Waals surface area contributed by atoms with Crippen molar-refractivity contribution in [3.8, 4) is 0 Å². The van der Waals surface area contributed by atoms with Crippen LogP contribution in [0.2, 0.25) is 0 Å². The monoisotopic (exact) mass is 539 g/mol. The van der Waals surface area contributed by atoms with Crippen molar-refractivity contribution in [3.63, 3.8) is 0 Å². The summed E-state index contributed by atoms with van der Waals surface area (Å²) in [5.41, 5.74) is -2.23. The van der Waals surface area contributed by atoms with Gasteiger partial charge in [-0.25, -0.2) is 13.6 Å². The first-order chi connectivity index (χ1) is 18.1. The molecule has 2 fully saturated rings. The number of benzene rings is 1. The fraction of sp³-hybridized carbons (Fsp3) is 0.759. The summed E-state index contributed by atoms with van der Waals surface area (Å²) in [6.07, 6.45) is 7.05. The zero-order chi connectivity index (χ0) is 27.8. The van der Waals surface area contributed by atoms with E-state index in [4.69, 9.17) is 4.74 Å². The van der Waals surface area contributed by atoms with Crippen molar-refractivity contribution < 1.29 is 28.5 Å². The molecule has 1 saturated heterocycles. The Morgan fingerprint density at radius 1 is 1.26 bits per heavy atom. The lowest BCUT2D eigenvalue weighted by Gasteiger charge is -2.43. The number of methoxy groups -OCH3 is 1. The van der Waals surface area contributed by atoms with Gasteiger partial charge < -0.3 is 30.5 Å². The van der Waals surface area contributed by atoms with E-state index in [1.807, 2.05) is 14.0 Å². The summed E-state index contributed by atoms with van der Waals surface area (Å²) in [4.78, 5) is 15.1. The van der Waals surface area contributed by atoms with Gasteiger partial charge in [0.1, 0.15) is 0 Å². The Balaban J connectivity index is 1.70. The Morgan fingerprint density at radius 3 is 2.68 bits per heavy atom. The first kappa shape index (κ1) is 30.7. The van der Waals surface area contributed by atoms with Gasteiger partial charge in [-0.05, 0) is 90.2 Å². The third-order valence-corrected chi connectivity index (χ3v) is 8.54. The molecule has 0 bridgehead atoms. The van der Waals surface area contributed by atoms with Gasteiger partial charge in [-0.2, -0.15) is 0 Å². The van der Waals surface area contributed by atoms with Crippen LogP contribution in [-0.2, 0) is 10.3 Å². The summed E-state index contributed by atoms with van der Waals surface area (Å²) < 4.78 is 34.2. The number of amides is 2. The number of hydrogen-bond donors (Lipinski definition) is 4. The molecule has 3 atom stereocenters. The molecule has 2 aliphatic rings. The molecule has 1 aromatic rings. The lowest BCUT2D eigenvalue weighted by atomic mass is 9.74. The zero-order valence-corrected chi connectivity index (χ0v) is 23.3. The number of halogens is 2. The van der Waals surface area contributed by atoms with E-state index in [2.05, 4.69) is 10.6 Å². The van der Waals surface area contributed by atoms with Crippen LogP contribution in [0.25, 0.3) is 0 Å². The van der Waals surface area contributed by atoms with Crippen LogP contribution in [0, 0.1) is 23.5 Å². The highest BCUT2D eigenvalue weighted by atomic mass is 19.2. The third kappa shape index (κ3) is 8.10. The first-order valence-electron chi connectivity index (χ1n) is 14.2. The molecule has 4 N–H and O–H groups in total. The molecule has 7 nitrogen and oxygen atoms in total. The summed E-state index contributed by atoms with van der Waals surface area (Å²) in [5, 5.41) is 28.5. The molecule has 1 aliphatic carbocycles. The number of likely N-dealkylation sites (N-methyl/N-ethyl adjacent to an activating group) is 1. The van der Waals surface area contributed by atoms with E-state index >= 15 is 0 Å². The van der Waals surface area contributed by atoms with E-state index in [0.717, 1.165) is 38.2 Å². The molecule has 1 aliphatic heterocycles. The average Bonchev–Trinajstić information content (AvgIpc) is 2.89. The van der Waals surface area contributed by atoms with Gasteiger partial charge in [-0.1, -0.05) is 12.1 Å². The van der Waals surface area contributed by atoms with Gasteiger partial charge in [0.2, 0.25) is 0 Å². The van der Waals surface area contributed by atoms with E-state index in [1.54, 1.807) is 12.0 Å². The number of rotatable bonds is 12. The number of carbonyl (C=O) groups is 1. The summed E-state index contributed by atoms with van der Waals surface area (Å²) in [6.45, 7) is 3.85. The van der Waals surface area contributed by atoms with Crippen LogP contribution in [0.1, 0.15) is 76.7 Å². The number of hydrogen-bond acceptors (Lipinski definition) is 5. The van der Waals surface area contributed by atoms with E-state index < -0.39 is 28.8 Å². The largest absolute Gasteiger partial charge is 0.390 e. The van der Waals surface area contributed by atoms with Gasteiger partial charge >= 0.3 is 6.03 Å². The number of likely N-dealkylation sites (tertiary alicyclic amines) is 1. The van der Waals surface area contributed by atoms with Gasteiger partial charge in [-0.15, -0.1) is 0 Å². The van der Waals surface area contributed by atoms with Crippen LogP contribution in [0.15, 0.2) is 18.2 Å². The topological polar surface area (TPSA) is 94.1 Å². The number of unbranched alkanes of at least 4 members (excludes halogenated alkanes) is 1. The number of urea groups is 1. The van der Waals surface area contributed by atoms with Crippen LogP contribution in [0.4, 0.5) is 13.6 Å². The molecule has 216 valence electrons. The van der Waals surface area contributed by atoms with E-state index in [-0.39, 0.29) is 30.6 Å². The minimum Gasteiger partial charge on any atom is -0.390 e. The summed E-state index contributed by atoms with van der Waals surface area (Å²) in [5.74, 6) is -1.99. The van der Waals surface area contributed by atoms with E-state index in [0.29, 0.717) is 51.3 Å². The van der Waals surface area contributed by atoms with Crippen LogP contribution in [0.3, 0.4) is 0 Å². The number of aliphatic hydroxyl groups is 2. The second-order valence-electron chi connectivity index (χ2n) is 11.6. The third-order valence-electron chi connectivity index (χ3n) is 8.54. The molecule has 1 aromatic carbocycles. The van der Waals surface area contributed by atoms with Gasteiger partial charge in [0.25, 0.3) is 0 Å². The van der Waals surface area contributed by atoms with Gasteiger partial charge in [0.15, 0.2) is 11.6 Å². The maximum absolute atomic E-state index is 14.9. The maximum atomic E-state index is 14.9. The lowest BCUT2D eigenvalue weighted by Crippen LogP contribution is -2.54. The number of ether oxygens (including phenoxy) is 1. The highest BCUT2D eigenvalue weighted by Gasteiger charge is 2.43. The van der Waals surface area contributed by atoms with Crippen LogP contribution < -0.4 is 10.6 Å². The molecule has 0 aromatic heterocycles. The molecule has 0 unspecified atom stereocenters. The molecular formula is C29H47F2N3O4. The summed E-state index contributed by atoms with van der Waals surface area (Å²) in [7, 11) is 3.47. The standard InChI is InChI=1S/C29H47F2N3O4/c1-28(36)14-11-21(12-15-28)18-23(19-32-2)33-27(35)34-16-7-8-22(20-34)29(37,13-4-5-17-38-3)24-9-6-10-25(30)26(24)31/h6,9-10,21-23,32,36-37H,4-5,7-8,11-20H2,1-3H3,(H,33,35)/t21-,22-,23+,28+,29+/m1/s1. The van der Waals surface area contributed by atoms with Crippen molar-refractivity contribution in [2.24, 2.45) is 11.8 Å². The summed E-state index contributed by atoms with van der Waals surface area (Å²) >= 11 is 0. The highest BCUT2D eigenvalue weighted by Crippen LogP contribution is 2.41. The van der Waals surface area contributed by atoms with Crippen LogP contribution in [0.5, 0.6) is 0 Å². The fourth-order valence-corrected chi connectivity index (χ4v) is 6.23. The van der Waals surface area contributed by atoms with E-state index in [9.17, 15) is 23.8 Å². The van der Waals surface area contributed by atoms with Gasteiger partial charge in [0.05, 0.1) is 11.2 Å². The number of carbonyl (C=O) groups excluding carboxylic acids is 1. The molecule has 0 radical (unpaired) electrons. The predicted octanol–water partition coefficient (Wildman–Crippen LogP) is 4.31. The molecule has 2 amide bonds. The zero-order valence-electron chi connectivity index (χ0n) is 23.3. The quantitative estimate of drug-likeness (QED) is 0.297. The normalized spacial score (nSPS) is 26.6. The van der Waals surface area contributed by atoms with Gasteiger partial charge in [-0.3, -0.25) is 0 Å². The molecular weight excluding hydrogens is 492 g/mol. The van der Waals surface area contributed by atoms with Crippen molar-refractivity contribution >= 4 is 6.03 Å². The van der Waals surface area contributed by atoms with Crippen molar-refractivity contribution in [2.45, 2.75) is 88.4 Å². The molecule has 3 rings (SSSR count).